The Morgan fingerprint density at radius 2 is 1.77 bits per heavy atom. The minimum absolute atomic E-state index is 0.0962. The van der Waals surface area contributed by atoms with Crippen molar-refractivity contribution in [3.05, 3.63) is 65.0 Å². The standard InChI is InChI=1S/C22H23N3O5S/c1-4-28-21(27)16-8-10-17(11-9-16)23-18(26)13-31-22-25-24-19(30-22)12-29-20-14(2)6-5-7-15(20)3/h5-11H,4,12-13H2,1-3H3,(H,23,26). The van der Waals surface area contributed by atoms with Gasteiger partial charge >= 0.3 is 5.97 Å². The van der Waals surface area contributed by atoms with Crippen LogP contribution in [0.1, 0.15) is 34.3 Å². The number of esters is 1. The van der Waals surface area contributed by atoms with Crippen LogP contribution in [0.4, 0.5) is 5.69 Å². The molecule has 0 aliphatic rings. The number of nitrogens with one attached hydrogen (secondary N) is 1. The molecule has 1 heterocycles. The van der Waals surface area contributed by atoms with Gasteiger partial charge in [0, 0.05) is 5.69 Å². The zero-order valence-electron chi connectivity index (χ0n) is 17.5. The van der Waals surface area contributed by atoms with Crippen molar-refractivity contribution in [1.29, 1.82) is 0 Å². The molecule has 0 aliphatic heterocycles. The second kappa shape index (κ2) is 10.6. The Hall–Kier alpha value is -3.33. The van der Waals surface area contributed by atoms with Crippen LogP contribution in [0.15, 0.2) is 52.1 Å². The number of amides is 1. The van der Waals surface area contributed by atoms with Crippen LogP contribution >= 0.6 is 11.8 Å². The second-order valence-corrected chi connectivity index (χ2v) is 7.53. The fraction of sp³-hybridized carbons (Fsp3) is 0.273. The summed E-state index contributed by atoms with van der Waals surface area (Å²) in [6.07, 6.45) is 0. The predicted molar refractivity (Wildman–Crippen MR) is 116 cm³/mol. The van der Waals surface area contributed by atoms with Gasteiger partial charge in [-0.15, -0.1) is 10.2 Å². The molecule has 31 heavy (non-hydrogen) atoms. The highest BCUT2D eigenvalue weighted by Crippen LogP contribution is 2.24. The first-order chi connectivity index (χ1) is 15.0. The largest absolute Gasteiger partial charge is 0.483 e. The van der Waals surface area contributed by atoms with Crippen LogP contribution in [-0.4, -0.2) is 34.4 Å². The molecule has 0 saturated heterocycles. The number of carbonyl (C=O) groups excluding carboxylic acids is 2. The highest BCUT2D eigenvalue weighted by molar-refractivity contribution is 7.99. The zero-order chi connectivity index (χ0) is 22.2. The van der Waals surface area contributed by atoms with Crippen molar-refractivity contribution >= 4 is 29.3 Å². The van der Waals surface area contributed by atoms with Gasteiger partial charge < -0.3 is 19.2 Å². The molecule has 0 spiro atoms. The van der Waals surface area contributed by atoms with E-state index in [9.17, 15) is 9.59 Å². The molecule has 2 aromatic carbocycles. The summed E-state index contributed by atoms with van der Waals surface area (Å²) >= 11 is 1.13. The lowest BCUT2D eigenvalue weighted by atomic mass is 10.1. The Morgan fingerprint density at radius 1 is 1.06 bits per heavy atom. The van der Waals surface area contributed by atoms with Crippen LogP contribution in [0.5, 0.6) is 5.75 Å². The maximum atomic E-state index is 12.2. The molecule has 0 saturated carbocycles. The van der Waals surface area contributed by atoms with E-state index in [1.165, 1.54) is 0 Å². The van der Waals surface area contributed by atoms with E-state index in [1.54, 1.807) is 31.2 Å². The number of aromatic nitrogens is 2. The summed E-state index contributed by atoms with van der Waals surface area (Å²) in [6.45, 7) is 6.15. The summed E-state index contributed by atoms with van der Waals surface area (Å²) in [5.74, 6) is 0.590. The fourth-order valence-corrected chi connectivity index (χ4v) is 3.32. The molecule has 0 atom stereocenters. The molecule has 3 rings (SSSR count). The van der Waals surface area contributed by atoms with Crippen LogP contribution < -0.4 is 10.1 Å². The van der Waals surface area contributed by atoms with Crippen molar-refractivity contribution < 1.29 is 23.5 Å². The Kier molecular flexibility index (Phi) is 7.66. The Bertz CT molecular complexity index is 1030. The normalized spacial score (nSPS) is 10.5. The molecule has 8 nitrogen and oxygen atoms in total. The monoisotopic (exact) mass is 441 g/mol. The van der Waals surface area contributed by atoms with E-state index in [-0.39, 0.29) is 23.5 Å². The van der Waals surface area contributed by atoms with Gasteiger partial charge in [-0.25, -0.2) is 4.79 Å². The molecule has 9 heteroatoms. The van der Waals surface area contributed by atoms with Gasteiger partial charge in [0.2, 0.25) is 5.91 Å². The number of aryl methyl sites for hydroxylation is 2. The van der Waals surface area contributed by atoms with Crippen molar-refractivity contribution in [2.75, 3.05) is 17.7 Å². The van der Waals surface area contributed by atoms with E-state index < -0.39 is 5.97 Å². The van der Waals surface area contributed by atoms with E-state index in [2.05, 4.69) is 15.5 Å². The van der Waals surface area contributed by atoms with E-state index in [1.807, 2.05) is 32.0 Å². The van der Waals surface area contributed by atoms with E-state index in [0.29, 0.717) is 23.7 Å². The average molecular weight is 442 g/mol. The zero-order valence-corrected chi connectivity index (χ0v) is 18.3. The molecule has 0 radical (unpaired) electrons. The Balaban J connectivity index is 1.47. The van der Waals surface area contributed by atoms with Gasteiger partial charge in [-0.05, 0) is 56.2 Å². The molecule has 1 aromatic heterocycles. The molecular formula is C22H23N3O5S. The van der Waals surface area contributed by atoms with E-state index in [0.717, 1.165) is 28.6 Å². The van der Waals surface area contributed by atoms with Crippen LogP contribution in [-0.2, 0) is 16.1 Å². The first kappa shape index (κ1) is 22.4. The van der Waals surface area contributed by atoms with Gasteiger partial charge in [-0.1, -0.05) is 30.0 Å². The fourth-order valence-electron chi connectivity index (χ4n) is 2.74. The lowest BCUT2D eigenvalue weighted by Crippen LogP contribution is -2.14. The smallest absolute Gasteiger partial charge is 0.338 e. The predicted octanol–water partition coefficient (Wildman–Crippen LogP) is 4.17. The number of benzene rings is 2. The molecule has 3 aromatic rings. The summed E-state index contributed by atoms with van der Waals surface area (Å²) in [5, 5.41) is 10.9. The van der Waals surface area contributed by atoms with Gasteiger partial charge in [-0.3, -0.25) is 4.79 Å². The third-order valence-corrected chi connectivity index (χ3v) is 5.02. The van der Waals surface area contributed by atoms with Gasteiger partial charge in [0.15, 0.2) is 6.61 Å². The number of carbonyl (C=O) groups is 2. The number of hydrogen-bond donors (Lipinski definition) is 1. The number of ether oxygens (including phenoxy) is 2. The molecule has 0 bridgehead atoms. The summed E-state index contributed by atoms with van der Waals surface area (Å²) in [5.41, 5.74) is 3.06. The lowest BCUT2D eigenvalue weighted by molar-refractivity contribution is -0.113. The van der Waals surface area contributed by atoms with Crippen LogP contribution in [0.3, 0.4) is 0 Å². The first-order valence-electron chi connectivity index (χ1n) is 9.67. The molecule has 0 fully saturated rings. The lowest BCUT2D eigenvalue weighted by Gasteiger charge is -2.09. The number of hydrogen-bond acceptors (Lipinski definition) is 8. The van der Waals surface area contributed by atoms with Gasteiger partial charge in [-0.2, -0.15) is 0 Å². The van der Waals surface area contributed by atoms with Crippen LogP contribution in [0, 0.1) is 13.8 Å². The molecule has 0 aliphatic carbocycles. The highest BCUT2D eigenvalue weighted by Gasteiger charge is 2.12. The Morgan fingerprint density at radius 3 is 2.45 bits per heavy atom. The van der Waals surface area contributed by atoms with Gasteiger partial charge in [0.1, 0.15) is 5.75 Å². The number of thioether (sulfide) groups is 1. The van der Waals surface area contributed by atoms with Crippen molar-refractivity contribution in [3.8, 4) is 5.75 Å². The molecule has 1 amide bonds. The minimum Gasteiger partial charge on any atom is -0.483 e. The van der Waals surface area contributed by atoms with E-state index in [4.69, 9.17) is 13.9 Å². The van der Waals surface area contributed by atoms with Crippen molar-refractivity contribution in [2.45, 2.75) is 32.6 Å². The number of para-hydroxylation sites is 1. The maximum Gasteiger partial charge on any atom is 0.338 e. The number of nitrogens with zero attached hydrogens (tertiary/aromatic N) is 2. The maximum absolute atomic E-state index is 12.2. The molecule has 162 valence electrons. The van der Waals surface area contributed by atoms with Gasteiger partial charge in [0.05, 0.1) is 17.9 Å². The second-order valence-electron chi connectivity index (χ2n) is 6.61. The quantitative estimate of drug-likeness (QED) is 0.390. The minimum atomic E-state index is -0.398. The molecule has 0 unspecified atom stereocenters. The molecule has 1 N–H and O–H groups in total. The van der Waals surface area contributed by atoms with E-state index >= 15 is 0 Å². The Labute approximate surface area is 184 Å². The van der Waals surface area contributed by atoms with Crippen molar-refractivity contribution in [3.63, 3.8) is 0 Å². The number of rotatable bonds is 9. The number of anilines is 1. The SMILES string of the molecule is CCOC(=O)c1ccc(NC(=O)CSc2nnc(COc3c(C)cccc3C)o2)cc1. The van der Waals surface area contributed by atoms with Crippen LogP contribution in [0.2, 0.25) is 0 Å². The molecular weight excluding hydrogens is 418 g/mol. The third-order valence-electron chi connectivity index (χ3n) is 4.20. The summed E-state index contributed by atoms with van der Waals surface area (Å²) in [6, 6.07) is 12.4. The topological polar surface area (TPSA) is 104 Å². The highest BCUT2D eigenvalue weighted by atomic mass is 32.2. The average Bonchev–Trinajstić information content (AvgIpc) is 3.20. The third kappa shape index (κ3) is 6.32. The summed E-state index contributed by atoms with van der Waals surface area (Å²) < 4.78 is 16.3. The van der Waals surface area contributed by atoms with Crippen molar-refractivity contribution in [2.24, 2.45) is 0 Å². The summed E-state index contributed by atoms with van der Waals surface area (Å²) in [4.78, 5) is 23.8. The van der Waals surface area contributed by atoms with Crippen LogP contribution in [0.25, 0.3) is 0 Å². The van der Waals surface area contributed by atoms with Gasteiger partial charge in [0.25, 0.3) is 11.1 Å². The first-order valence-corrected chi connectivity index (χ1v) is 10.7. The van der Waals surface area contributed by atoms with Crippen molar-refractivity contribution in [1.82, 2.24) is 10.2 Å². The summed E-state index contributed by atoms with van der Waals surface area (Å²) in [7, 11) is 0.